The Morgan fingerprint density at radius 3 is 2.62 bits per heavy atom. The third-order valence-corrected chi connectivity index (χ3v) is 4.48. The van der Waals surface area contributed by atoms with Crippen molar-refractivity contribution in [2.75, 3.05) is 0 Å². The molecule has 0 saturated carbocycles. The van der Waals surface area contributed by atoms with Gasteiger partial charge < -0.3 is 15.7 Å². The molecule has 126 valence electrons. The maximum Gasteiger partial charge on any atom is 0.326 e. The van der Waals surface area contributed by atoms with E-state index in [1.807, 2.05) is 6.08 Å². The van der Waals surface area contributed by atoms with Crippen molar-refractivity contribution in [3.63, 3.8) is 0 Å². The lowest BCUT2D eigenvalue weighted by Crippen LogP contribution is -2.43. The van der Waals surface area contributed by atoms with Crippen molar-refractivity contribution in [2.24, 2.45) is 5.73 Å². The first-order valence-electron chi connectivity index (χ1n) is 7.72. The van der Waals surface area contributed by atoms with Crippen LogP contribution in [0.25, 0.3) is 5.57 Å². The quantitative estimate of drug-likeness (QED) is 0.856. The van der Waals surface area contributed by atoms with E-state index in [9.17, 15) is 23.9 Å². The first-order chi connectivity index (χ1) is 11.4. The second-order valence-corrected chi connectivity index (χ2v) is 6.06. The summed E-state index contributed by atoms with van der Waals surface area (Å²) in [5.74, 6) is -3.24. The average molecular weight is 332 g/mol. The Morgan fingerprint density at radius 1 is 1.33 bits per heavy atom. The number of fused-ring (bicyclic) bond motifs is 1. The van der Waals surface area contributed by atoms with Crippen molar-refractivity contribution in [3.8, 4) is 0 Å². The van der Waals surface area contributed by atoms with Gasteiger partial charge in [0.2, 0.25) is 5.91 Å². The van der Waals surface area contributed by atoms with Gasteiger partial charge in [-0.2, -0.15) is 0 Å². The fraction of sp³-hybridized carbons (Fsp3) is 0.353. The summed E-state index contributed by atoms with van der Waals surface area (Å²) in [5.41, 5.74) is 7.50. The van der Waals surface area contributed by atoms with Gasteiger partial charge in [0.05, 0.1) is 6.42 Å². The zero-order valence-electron chi connectivity index (χ0n) is 12.9. The number of rotatable bonds is 5. The summed E-state index contributed by atoms with van der Waals surface area (Å²) < 4.78 is 14.0. The zero-order chi connectivity index (χ0) is 17.4. The number of benzene rings is 1. The number of aliphatic carboxylic acids is 1. The molecule has 2 amide bonds. The number of nitrogens with zero attached hydrogens (tertiary/aromatic N) is 1. The van der Waals surface area contributed by atoms with Gasteiger partial charge in [0, 0.05) is 12.1 Å². The maximum absolute atomic E-state index is 14.0. The minimum absolute atomic E-state index is 0.0331. The smallest absolute Gasteiger partial charge is 0.326 e. The van der Waals surface area contributed by atoms with Crippen molar-refractivity contribution in [3.05, 3.63) is 40.7 Å². The van der Waals surface area contributed by atoms with Crippen LogP contribution in [-0.4, -0.2) is 33.8 Å². The van der Waals surface area contributed by atoms with Crippen LogP contribution in [-0.2, 0) is 16.1 Å². The minimum Gasteiger partial charge on any atom is -0.480 e. The van der Waals surface area contributed by atoms with Crippen LogP contribution in [0.15, 0.2) is 18.2 Å². The van der Waals surface area contributed by atoms with E-state index < -0.39 is 36.1 Å². The molecule has 1 aliphatic heterocycles. The van der Waals surface area contributed by atoms with Crippen LogP contribution < -0.4 is 5.73 Å². The van der Waals surface area contributed by atoms with E-state index in [1.54, 1.807) is 0 Å². The van der Waals surface area contributed by atoms with Gasteiger partial charge in [0.25, 0.3) is 5.91 Å². The molecular formula is C17H17FN2O4. The predicted molar refractivity (Wildman–Crippen MR) is 83.3 cm³/mol. The third kappa shape index (κ3) is 2.77. The number of halogens is 1. The predicted octanol–water partition coefficient (Wildman–Crippen LogP) is 1.68. The Balaban J connectivity index is 2.01. The largest absolute Gasteiger partial charge is 0.480 e. The van der Waals surface area contributed by atoms with Gasteiger partial charge in [-0.1, -0.05) is 6.08 Å². The van der Waals surface area contributed by atoms with E-state index in [4.69, 9.17) is 5.73 Å². The Labute approximate surface area is 137 Å². The molecule has 1 heterocycles. The summed E-state index contributed by atoms with van der Waals surface area (Å²) in [6.07, 6.45) is 4.21. The first-order valence-corrected chi connectivity index (χ1v) is 7.72. The number of amides is 2. The van der Waals surface area contributed by atoms with Gasteiger partial charge in [-0.05, 0) is 48.1 Å². The summed E-state index contributed by atoms with van der Waals surface area (Å²) in [7, 11) is 0. The van der Waals surface area contributed by atoms with E-state index in [0.717, 1.165) is 35.8 Å². The fourth-order valence-corrected chi connectivity index (χ4v) is 3.37. The monoisotopic (exact) mass is 332 g/mol. The summed E-state index contributed by atoms with van der Waals surface area (Å²) in [4.78, 5) is 36.2. The van der Waals surface area contributed by atoms with Crippen LogP contribution in [0.2, 0.25) is 0 Å². The van der Waals surface area contributed by atoms with Crippen LogP contribution in [0, 0.1) is 5.82 Å². The first kappa shape index (κ1) is 16.2. The number of carbonyl (C=O) groups excluding carboxylic acids is 2. The molecule has 0 aromatic heterocycles. The summed E-state index contributed by atoms with van der Waals surface area (Å²) >= 11 is 0. The number of hydrogen-bond donors (Lipinski definition) is 2. The topological polar surface area (TPSA) is 101 Å². The molecule has 0 saturated heterocycles. The van der Waals surface area contributed by atoms with E-state index >= 15 is 0 Å². The lowest BCUT2D eigenvalue weighted by molar-refractivity contribution is -0.144. The van der Waals surface area contributed by atoms with Crippen LogP contribution in [0.3, 0.4) is 0 Å². The van der Waals surface area contributed by atoms with Crippen molar-refractivity contribution >= 4 is 23.4 Å². The number of carbonyl (C=O) groups is 3. The number of carboxylic acids is 1. The van der Waals surface area contributed by atoms with Gasteiger partial charge in [-0.15, -0.1) is 0 Å². The average Bonchev–Trinajstić information content (AvgIpc) is 3.13. The molecule has 2 aliphatic rings. The molecule has 1 aromatic rings. The minimum atomic E-state index is -1.35. The van der Waals surface area contributed by atoms with Crippen LogP contribution in [0.4, 0.5) is 4.39 Å². The molecule has 7 heteroatoms. The molecule has 1 aliphatic carbocycles. The Bertz CT molecular complexity index is 772. The fourth-order valence-electron chi connectivity index (χ4n) is 3.37. The second-order valence-electron chi connectivity index (χ2n) is 6.06. The Kier molecular flexibility index (Phi) is 4.09. The molecule has 0 fully saturated rings. The summed E-state index contributed by atoms with van der Waals surface area (Å²) in [6, 6.07) is 1.16. The molecule has 1 unspecified atom stereocenters. The van der Waals surface area contributed by atoms with Crippen LogP contribution >= 0.6 is 0 Å². The highest BCUT2D eigenvalue weighted by Gasteiger charge is 2.39. The molecule has 0 bridgehead atoms. The van der Waals surface area contributed by atoms with Crippen molar-refractivity contribution < 1.29 is 23.9 Å². The van der Waals surface area contributed by atoms with Crippen molar-refractivity contribution in [1.29, 1.82) is 0 Å². The standard InChI is InChI=1S/C17H17FN2O4/c18-10-5-11(9-3-1-2-4-9)13-8-20(16(22)12(13)6-10)14(17(23)24)7-15(19)21/h3,5-6,14H,1-2,4,7-8H2,(H2,19,21)(H,23,24). The highest BCUT2D eigenvalue weighted by atomic mass is 19.1. The molecule has 1 atom stereocenters. The van der Waals surface area contributed by atoms with Gasteiger partial charge in [0.1, 0.15) is 11.9 Å². The third-order valence-electron chi connectivity index (χ3n) is 4.48. The van der Waals surface area contributed by atoms with Crippen LogP contribution in [0.5, 0.6) is 0 Å². The van der Waals surface area contributed by atoms with Crippen LogP contribution in [0.1, 0.15) is 47.2 Å². The highest BCUT2D eigenvalue weighted by Crippen LogP contribution is 2.36. The van der Waals surface area contributed by atoms with Gasteiger partial charge in [-0.3, -0.25) is 9.59 Å². The molecule has 3 N–H and O–H groups in total. The molecule has 3 rings (SSSR count). The van der Waals surface area contributed by atoms with Crippen molar-refractivity contribution in [2.45, 2.75) is 38.3 Å². The maximum atomic E-state index is 14.0. The number of hydrogen-bond acceptors (Lipinski definition) is 3. The number of allylic oxidation sites excluding steroid dienone is 2. The Morgan fingerprint density at radius 2 is 2.04 bits per heavy atom. The molecule has 6 nitrogen and oxygen atoms in total. The molecule has 0 spiro atoms. The number of carboxylic acid groups (broad SMARTS) is 1. The summed E-state index contributed by atoms with van der Waals surface area (Å²) in [5, 5.41) is 9.33. The van der Waals surface area contributed by atoms with E-state index in [1.165, 1.54) is 6.07 Å². The summed E-state index contributed by atoms with van der Waals surface area (Å²) in [6.45, 7) is 0.0331. The number of primary amides is 1. The van der Waals surface area contributed by atoms with E-state index in [-0.39, 0.29) is 12.1 Å². The molecule has 24 heavy (non-hydrogen) atoms. The van der Waals surface area contributed by atoms with E-state index in [0.29, 0.717) is 11.1 Å². The van der Waals surface area contributed by atoms with Gasteiger partial charge >= 0.3 is 5.97 Å². The van der Waals surface area contributed by atoms with Crippen molar-refractivity contribution in [1.82, 2.24) is 4.90 Å². The van der Waals surface area contributed by atoms with E-state index in [2.05, 4.69) is 0 Å². The van der Waals surface area contributed by atoms with Gasteiger partial charge in [-0.25, -0.2) is 9.18 Å². The lowest BCUT2D eigenvalue weighted by Gasteiger charge is -2.23. The Hall–Kier alpha value is -2.70. The van der Waals surface area contributed by atoms with Gasteiger partial charge in [0.15, 0.2) is 0 Å². The molecule has 0 radical (unpaired) electrons. The molecular weight excluding hydrogens is 315 g/mol. The zero-order valence-corrected chi connectivity index (χ0v) is 12.9. The number of nitrogens with two attached hydrogens (primary N) is 1. The SMILES string of the molecule is NC(=O)CC(C(=O)O)N1Cc2c(cc(F)cc2C2=CCCC2)C1=O. The normalized spacial score (nSPS) is 17.6. The highest BCUT2D eigenvalue weighted by molar-refractivity contribution is 6.02. The molecule has 1 aromatic carbocycles. The lowest BCUT2D eigenvalue weighted by atomic mass is 9.96. The second kappa shape index (κ2) is 6.07.